The standard InChI is InChI=1S/C11H8BrF2N3/c12-6-4-10(8(14)5-7(6)13)17-9-2-1-3-16-11(9)15/h1-5,17H,(H2,15,16). The zero-order valence-corrected chi connectivity index (χ0v) is 10.1. The van der Waals surface area contributed by atoms with Crippen LogP contribution in [0.1, 0.15) is 0 Å². The van der Waals surface area contributed by atoms with Gasteiger partial charge >= 0.3 is 0 Å². The molecule has 17 heavy (non-hydrogen) atoms. The largest absolute Gasteiger partial charge is 0.382 e. The molecule has 0 saturated heterocycles. The van der Waals surface area contributed by atoms with Crippen molar-refractivity contribution >= 4 is 33.1 Å². The van der Waals surface area contributed by atoms with E-state index in [-0.39, 0.29) is 16.0 Å². The van der Waals surface area contributed by atoms with Crippen molar-refractivity contribution in [3.63, 3.8) is 0 Å². The molecular weight excluding hydrogens is 292 g/mol. The molecule has 2 aromatic rings. The first-order chi connectivity index (χ1) is 8.08. The molecule has 1 aromatic carbocycles. The summed E-state index contributed by atoms with van der Waals surface area (Å²) in [7, 11) is 0. The molecule has 0 fully saturated rings. The summed E-state index contributed by atoms with van der Waals surface area (Å²) in [6.45, 7) is 0. The predicted octanol–water partition coefficient (Wildman–Crippen LogP) is 3.45. The zero-order valence-electron chi connectivity index (χ0n) is 8.55. The molecule has 0 spiro atoms. The number of halogens is 3. The number of benzene rings is 1. The van der Waals surface area contributed by atoms with Gasteiger partial charge < -0.3 is 11.1 Å². The monoisotopic (exact) mass is 299 g/mol. The number of anilines is 3. The van der Waals surface area contributed by atoms with Crippen molar-refractivity contribution in [1.29, 1.82) is 0 Å². The lowest BCUT2D eigenvalue weighted by molar-refractivity contribution is 0.581. The van der Waals surface area contributed by atoms with Crippen molar-refractivity contribution in [2.45, 2.75) is 0 Å². The van der Waals surface area contributed by atoms with Gasteiger partial charge in [-0.15, -0.1) is 0 Å². The number of nitrogen functional groups attached to an aromatic ring is 1. The number of aromatic nitrogens is 1. The van der Waals surface area contributed by atoms with E-state index in [1.807, 2.05) is 0 Å². The number of nitrogens with two attached hydrogens (primary N) is 1. The van der Waals surface area contributed by atoms with Gasteiger partial charge in [-0.1, -0.05) is 0 Å². The summed E-state index contributed by atoms with van der Waals surface area (Å²) in [5, 5.41) is 2.75. The molecule has 1 aromatic heterocycles. The highest BCUT2D eigenvalue weighted by Gasteiger charge is 2.09. The van der Waals surface area contributed by atoms with Crippen LogP contribution in [-0.2, 0) is 0 Å². The van der Waals surface area contributed by atoms with E-state index in [2.05, 4.69) is 26.2 Å². The molecule has 0 aliphatic heterocycles. The van der Waals surface area contributed by atoms with Crippen molar-refractivity contribution in [3.8, 4) is 0 Å². The third-order valence-electron chi connectivity index (χ3n) is 2.12. The number of hydrogen-bond donors (Lipinski definition) is 2. The fourth-order valence-electron chi connectivity index (χ4n) is 1.29. The Balaban J connectivity index is 2.37. The molecule has 3 N–H and O–H groups in total. The Hall–Kier alpha value is -1.69. The maximum atomic E-state index is 13.5. The fraction of sp³-hybridized carbons (Fsp3) is 0. The third-order valence-corrected chi connectivity index (χ3v) is 2.73. The molecule has 0 amide bonds. The summed E-state index contributed by atoms with van der Waals surface area (Å²) >= 11 is 2.98. The Morgan fingerprint density at radius 1 is 1.18 bits per heavy atom. The van der Waals surface area contributed by atoms with Crippen LogP contribution in [0.3, 0.4) is 0 Å². The van der Waals surface area contributed by atoms with Crippen LogP contribution in [0.4, 0.5) is 26.0 Å². The van der Waals surface area contributed by atoms with Gasteiger partial charge in [-0.25, -0.2) is 13.8 Å². The van der Waals surface area contributed by atoms with E-state index in [0.717, 1.165) is 6.07 Å². The van der Waals surface area contributed by atoms with Crippen LogP contribution in [0.25, 0.3) is 0 Å². The van der Waals surface area contributed by atoms with Crippen LogP contribution < -0.4 is 11.1 Å². The van der Waals surface area contributed by atoms with E-state index >= 15 is 0 Å². The molecule has 0 radical (unpaired) electrons. The first-order valence-corrected chi connectivity index (χ1v) is 5.49. The summed E-state index contributed by atoms with van der Waals surface area (Å²) in [5.41, 5.74) is 6.19. The molecular formula is C11H8BrF2N3. The molecule has 6 heteroatoms. The van der Waals surface area contributed by atoms with E-state index in [1.165, 1.54) is 12.3 Å². The van der Waals surface area contributed by atoms with E-state index in [4.69, 9.17) is 5.73 Å². The van der Waals surface area contributed by atoms with Crippen molar-refractivity contribution in [2.75, 3.05) is 11.1 Å². The van der Waals surface area contributed by atoms with Crippen LogP contribution in [0.2, 0.25) is 0 Å². The van der Waals surface area contributed by atoms with Crippen LogP contribution in [0.5, 0.6) is 0 Å². The molecule has 0 unspecified atom stereocenters. The normalized spacial score (nSPS) is 10.3. The van der Waals surface area contributed by atoms with E-state index < -0.39 is 11.6 Å². The molecule has 0 atom stereocenters. The highest BCUT2D eigenvalue weighted by atomic mass is 79.9. The summed E-state index contributed by atoms with van der Waals surface area (Å²) in [6, 6.07) is 5.41. The van der Waals surface area contributed by atoms with E-state index in [0.29, 0.717) is 5.69 Å². The molecule has 88 valence electrons. The maximum Gasteiger partial charge on any atom is 0.149 e. The van der Waals surface area contributed by atoms with Crippen LogP contribution in [-0.4, -0.2) is 4.98 Å². The van der Waals surface area contributed by atoms with Crippen LogP contribution in [0, 0.1) is 11.6 Å². The Morgan fingerprint density at radius 3 is 2.65 bits per heavy atom. The summed E-state index contributed by atoms with van der Waals surface area (Å²) in [5.74, 6) is -1.12. The molecule has 0 aliphatic carbocycles. The summed E-state index contributed by atoms with van der Waals surface area (Å²) < 4.78 is 26.7. The summed E-state index contributed by atoms with van der Waals surface area (Å²) in [6.07, 6.45) is 1.53. The topological polar surface area (TPSA) is 50.9 Å². The quantitative estimate of drug-likeness (QED) is 0.835. The minimum atomic E-state index is -0.700. The highest BCUT2D eigenvalue weighted by Crippen LogP contribution is 2.27. The number of rotatable bonds is 2. The second-order valence-electron chi connectivity index (χ2n) is 3.31. The van der Waals surface area contributed by atoms with Gasteiger partial charge in [0, 0.05) is 12.3 Å². The molecule has 0 aliphatic rings. The second kappa shape index (κ2) is 4.67. The Kier molecular flexibility index (Phi) is 3.23. The zero-order chi connectivity index (χ0) is 12.4. The van der Waals surface area contributed by atoms with E-state index in [1.54, 1.807) is 12.1 Å². The van der Waals surface area contributed by atoms with Gasteiger partial charge in [-0.2, -0.15) is 0 Å². The lowest BCUT2D eigenvalue weighted by Crippen LogP contribution is -2.00. The van der Waals surface area contributed by atoms with Crippen molar-refractivity contribution in [1.82, 2.24) is 4.98 Å². The van der Waals surface area contributed by atoms with E-state index in [9.17, 15) is 8.78 Å². The van der Waals surface area contributed by atoms with Gasteiger partial charge in [-0.05, 0) is 34.1 Å². The lowest BCUT2D eigenvalue weighted by atomic mass is 10.2. The maximum absolute atomic E-state index is 13.5. The van der Waals surface area contributed by atoms with Crippen LogP contribution >= 0.6 is 15.9 Å². The predicted molar refractivity (Wildman–Crippen MR) is 66.0 cm³/mol. The van der Waals surface area contributed by atoms with Gasteiger partial charge in [0.25, 0.3) is 0 Å². The summed E-state index contributed by atoms with van der Waals surface area (Å²) in [4.78, 5) is 3.85. The first kappa shape index (κ1) is 11.8. The van der Waals surface area contributed by atoms with Gasteiger partial charge in [0.2, 0.25) is 0 Å². The Labute approximate surface area is 105 Å². The van der Waals surface area contributed by atoms with Crippen molar-refractivity contribution < 1.29 is 8.78 Å². The molecule has 0 bridgehead atoms. The van der Waals surface area contributed by atoms with Crippen molar-refractivity contribution in [2.24, 2.45) is 0 Å². The fourth-order valence-corrected chi connectivity index (χ4v) is 1.63. The highest BCUT2D eigenvalue weighted by molar-refractivity contribution is 9.10. The minimum Gasteiger partial charge on any atom is -0.382 e. The van der Waals surface area contributed by atoms with Gasteiger partial charge in [0.1, 0.15) is 17.5 Å². The van der Waals surface area contributed by atoms with Crippen LogP contribution in [0.15, 0.2) is 34.9 Å². The molecule has 3 nitrogen and oxygen atoms in total. The average molecular weight is 300 g/mol. The molecule has 1 heterocycles. The SMILES string of the molecule is Nc1ncccc1Nc1cc(Br)c(F)cc1F. The number of pyridine rings is 1. The smallest absolute Gasteiger partial charge is 0.149 e. The Bertz CT molecular complexity index is 560. The van der Waals surface area contributed by atoms with Gasteiger partial charge in [0.15, 0.2) is 0 Å². The lowest BCUT2D eigenvalue weighted by Gasteiger charge is -2.09. The number of nitrogens with zero attached hydrogens (tertiary/aromatic N) is 1. The molecule has 2 rings (SSSR count). The van der Waals surface area contributed by atoms with Crippen molar-refractivity contribution in [3.05, 3.63) is 46.6 Å². The number of nitrogens with one attached hydrogen (secondary N) is 1. The van der Waals surface area contributed by atoms with Gasteiger partial charge in [0.05, 0.1) is 15.8 Å². The Morgan fingerprint density at radius 2 is 1.94 bits per heavy atom. The molecule has 0 saturated carbocycles. The first-order valence-electron chi connectivity index (χ1n) is 4.70. The second-order valence-corrected chi connectivity index (χ2v) is 4.16. The third kappa shape index (κ3) is 2.52. The average Bonchev–Trinajstić information content (AvgIpc) is 2.29. The minimum absolute atomic E-state index is 0.123. The number of hydrogen-bond acceptors (Lipinski definition) is 3. The van der Waals surface area contributed by atoms with Gasteiger partial charge in [-0.3, -0.25) is 0 Å².